The van der Waals surface area contributed by atoms with Gasteiger partial charge in [-0.15, -0.1) is 0 Å². The van der Waals surface area contributed by atoms with Gasteiger partial charge in [-0.1, -0.05) is 18.2 Å². The maximum Gasteiger partial charge on any atom is 0.185 e. The second-order valence-electron chi connectivity index (χ2n) is 5.95. The van der Waals surface area contributed by atoms with Gasteiger partial charge in [0.1, 0.15) is 11.5 Å². The smallest absolute Gasteiger partial charge is 0.185 e. The van der Waals surface area contributed by atoms with Crippen LogP contribution in [0.1, 0.15) is 0 Å². The molecule has 0 amide bonds. The monoisotopic (exact) mass is 343 g/mol. The third kappa shape index (κ3) is 4.92. The topological polar surface area (TPSA) is 41.0 Å². The molecule has 3 N–H and O–H groups in total. The molecule has 1 fully saturated rings. The highest BCUT2D eigenvalue weighted by molar-refractivity contribution is 7.80. The van der Waals surface area contributed by atoms with E-state index in [4.69, 9.17) is 17.0 Å². The molecule has 1 aliphatic rings. The number of likely N-dealkylation sites (N-methyl/N-ethyl adjacent to an activating group) is 1. The number of benzene rings is 2. The van der Waals surface area contributed by atoms with Crippen LogP contribution in [-0.4, -0.2) is 43.3 Å². The minimum atomic E-state index is 0.617. The van der Waals surface area contributed by atoms with Crippen LogP contribution >= 0.6 is 12.2 Å². The first kappa shape index (κ1) is 16.7. The second kappa shape index (κ2) is 8.10. The number of rotatable bonds is 4. The van der Waals surface area contributed by atoms with Crippen molar-refractivity contribution in [1.82, 2.24) is 10.4 Å². The lowest BCUT2D eigenvalue weighted by Gasteiger charge is -2.31. The van der Waals surface area contributed by atoms with Crippen LogP contribution in [0.4, 0.5) is 5.69 Å². The highest BCUT2D eigenvalue weighted by Crippen LogP contribution is 2.22. The summed E-state index contributed by atoms with van der Waals surface area (Å²) in [5.41, 5.74) is 4.19. The first-order valence-corrected chi connectivity index (χ1v) is 8.57. The molecule has 6 heteroatoms. The van der Waals surface area contributed by atoms with Gasteiger partial charge in [0.15, 0.2) is 5.11 Å². The van der Waals surface area contributed by atoms with E-state index < -0.39 is 0 Å². The molecule has 0 spiro atoms. The summed E-state index contributed by atoms with van der Waals surface area (Å²) in [6.07, 6.45) is 0. The third-order valence-corrected chi connectivity index (χ3v) is 4.16. The van der Waals surface area contributed by atoms with Crippen molar-refractivity contribution in [2.45, 2.75) is 0 Å². The zero-order chi connectivity index (χ0) is 16.8. The number of nitrogens with zero attached hydrogens (tertiary/aromatic N) is 1. The number of thiocarbonyl (C=S) groups is 1. The molecule has 0 saturated carbocycles. The Kier molecular flexibility index (Phi) is 5.63. The van der Waals surface area contributed by atoms with Crippen LogP contribution in [0.5, 0.6) is 11.5 Å². The standard InChI is InChI=1S/C18H22N4OS/c1-21-11-13-22(14-12-21)20-18(24)19-15-7-9-17(10-8-15)23-16-5-3-2-4-6-16/h2-10H,11-14H2,1H3,(H2,19,20,24)/p+1. The average Bonchev–Trinajstić information content (AvgIpc) is 2.60. The zero-order valence-corrected chi connectivity index (χ0v) is 14.6. The van der Waals surface area contributed by atoms with Crippen LogP contribution in [0.25, 0.3) is 0 Å². The lowest BCUT2D eigenvalue weighted by Crippen LogP contribution is -3.12. The lowest BCUT2D eigenvalue weighted by atomic mass is 10.3. The molecule has 1 saturated heterocycles. The highest BCUT2D eigenvalue weighted by Gasteiger charge is 2.16. The largest absolute Gasteiger partial charge is 0.457 e. The fourth-order valence-corrected chi connectivity index (χ4v) is 2.78. The average molecular weight is 343 g/mol. The van der Waals surface area contributed by atoms with E-state index in [9.17, 15) is 0 Å². The van der Waals surface area contributed by atoms with Gasteiger partial charge in [0.25, 0.3) is 0 Å². The van der Waals surface area contributed by atoms with Gasteiger partial charge in [0, 0.05) is 5.69 Å². The summed E-state index contributed by atoms with van der Waals surface area (Å²) < 4.78 is 5.78. The van der Waals surface area contributed by atoms with Crippen molar-refractivity contribution in [2.24, 2.45) is 0 Å². The van der Waals surface area contributed by atoms with Gasteiger partial charge in [-0.3, -0.25) is 5.43 Å². The molecule has 0 atom stereocenters. The number of quaternary nitrogens is 1. The summed E-state index contributed by atoms with van der Waals surface area (Å²) in [5, 5.41) is 5.99. The molecule has 0 radical (unpaired) electrons. The predicted octanol–water partition coefficient (Wildman–Crippen LogP) is 1.51. The van der Waals surface area contributed by atoms with Crippen LogP contribution in [0.3, 0.4) is 0 Å². The molecule has 1 aliphatic heterocycles. The Morgan fingerprint density at radius 1 is 1.00 bits per heavy atom. The number of nitrogens with one attached hydrogen (secondary N) is 3. The fourth-order valence-electron chi connectivity index (χ4n) is 2.53. The first-order chi connectivity index (χ1) is 11.7. The molecule has 3 rings (SSSR count). The Hall–Kier alpha value is -2.15. The second-order valence-corrected chi connectivity index (χ2v) is 6.36. The number of anilines is 1. The summed E-state index contributed by atoms with van der Waals surface area (Å²) in [5.74, 6) is 1.63. The number of ether oxygens (including phenoxy) is 1. The molecular formula is C18H23N4OS+. The van der Waals surface area contributed by atoms with E-state index in [-0.39, 0.29) is 0 Å². The molecule has 126 valence electrons. The number of piperazine rings is 1. The minimum absolute atomic E-state index is 0.617. The van der Waals surface area contributed by atoms with Crippen LogP contribution < -0.4 is 20.4 Å². The van der Waals surface area contributed by atoms with Crippen molar-refractivity contribution in [2.75, 3.05) is 38.5 Å². The van der Waals surface area contributed by atoms with Gasteiger partial charge in [0.2, 0.25) is 0 Å². The van der Waals surface area contributed by atoms with E-state index in [0.29, 0.717) is 5.11 Å². The molecule has 24 heavy (non-hydrogen) atoms. The molecule has 0 bridgehead atoms. The van der Waals surface area contributed by atoms with Crippen LogP contribution in [0, 0.1) is 0 Å². The number of hydrogen-bond donors (Lipinski definition) is 3. The quantitative estimate of drug-likeness (QED) is 0.735. The van der Waals surface area contributed by atoms with Gasteiger partial charge in [-0.05, 0) is 48.6 Å². The van der Waals surface area contributed by atoms with E-state index in [1.807, 2.05) is 54.6 Å². The Morgan fingerprint density at radius 2 is 1.62 bits per heavy atom. The Balaban J connectivity index is 1.49. The maximum atomic E-state index is 5.78. The van der Waals surface area contributed by atoms with Crippen molar-refractivity contribution in [3.05, 3.63) is 54.6 Å². The Morgan fingerprint density at radius 3 is 2.29 bits per heavy atom. The van der Waals surface area contributed by atoms with Gasteiger partial charge in [0.05, 0.1) is 33.2 Å². The molecule has 5 nitrogen and oxygen atoms in total. The van der Waals surface area contributed by atoms with E-state index in [2.05, 4.69) is 22.8 Å². The normalized spacial score (nSPS) is 15.7. The van der Waals surface area contributed by atoms with Gasteiger partial charge >= 0.3 is 0 Å². The van der Waals surface area contributed by atoms with E-state index in [1.165, 1.54) is 0 Å². The minimum Gasteiger partial charge on any atom is -0.457 e. The van der Waals surface area contributed by atoms with Crippen LogP contribution in [0.15, 0.2) is 54.6 Å². The molecule has 2 aromatic rings. The van der Waals surface area contributed by atoms with Crippen molar-refractivity contribution in [3.63, 3.8) is 0 Å². The number of hydrazine groups is 1. The maximum absolute atomic E-state index is 5.78. The van der Waals surface area contributed by atoms with Crippen LogP contribution in [-0.2, 0) is 0 Å². The SMILES string of the molecule is C[NH+]1CCN(NC(=S)Nc2ccc(Oc3ccccc3)cc2)CC1. The molecule has 2 aromatic carbocycles. The zero-order valence-electron chi connectivity index (χ0n) is 13.8. The molecule has 1 heterocycles. The summed E-state index contributed by atoms with van der Waals surface area (Å²) in [6.45, 7) is 4.25. The Labute approximate surface area is 148 Å². The van der Waals surface area contributed by atoms with Gasteiger partial charge < -0.3 is 15.0 Å². The van der Waals surface area contributed by atoms with Crippen molar-refractivity contribution < 1.29 is 9.64 Å². The molecule has 0 aliphatic carbocycles. The van der Waals surface area contributed by atoms with E-state index in [0.717, 1.165) is 43.4 Å². The summed E-state index contributed by atoms with van der Waals surface area (Å²) in [7, 11) is 2.22. The highest BCUT2D eigenvalue weighted by atomic mass is 32.1. The Bertz CT molecular complexity index is 654. The summed E-state index contributed by atoms with van der Waals surface area (Å²) >= 11 is 5.38. The molecule has 0 aromatic heterocycles. The van der Waals surface area contributed by atoms with Crippen LogP contribution in [0.2, 0.25) is 0 Å². The van der Waals surface area contributed by atoms with Crippen molar-refractivity contribution >= 4 is 23.0 Å². The predicted molar refractivity (Wildman–Crippen MR) is 101 cm³/mol. The first-order valence-electron chi connectivity index (χ1n) is 8.16. The van der Waals surface area contributed by atoms with Gasteiger partial charge in [-0.2, -0.15) is 0 Å². The molecule has 0 unspecified atom stereocenters. The summed E-state index contributed by atoms with van der Waals surface area (Å²) in [6, 6.07) is 17.5. The molecular weight excluding hydrogens is 320 g/mol. The third-order valence-electron chi connectivity index (χ3n) is 3.97. The van der Waals surface area contributed by atoms with Crippen molar-refractivity contribution in [1.29, 1.82) is 0 Å². The fraction of sp³-hybridized carbons (Fsp3) is 0.278. The number of para-hydroxylation sites is 1. The number of hydrogen-bond acceptors (Lipinski definition) is 3. The lowest BCUT2D eigenvalue weighted by molar-refractivity contribution is -0.884. The van der Waals surface area contributed by atoms with Crippen molar-refractivity contribution in [3.8, 4) is 11.5 Å². The summed E-state index contributed by atoms with van der Waals surface area (Å²) in [4.78, 5) is 1.56. The van der Waals surface area contributed by atoms with E-state index >= 15 is 0 Å². The van der Waals surface area contributed by atoms with Gasteiger partial charge in [-0.25, -0.2) is 5.01 Å². The van der Waals surface area contributed by atoms with E-state index in [1.54, 1.807) is 4.90 Å².